The van der Waals surface area contributed by atoms with Gasteiger partial charge in [0.05, 0.1) is 13.2 Å². The third-order valence-electron chi connectivity index (χ3n) is 2.44. The van der Waals surface area contributed by atoms with Gasteiger partial charge in [-0.05, 0) is 13.3 Å². The van der Waals surface area contributed by atoms with Crippen molar-refractivity contribution in [2.75, 3.05) is 39.6 Å². The normalized spacial score (nSPS) is 10.0. The van der Waals surface area contributed by atoms with E-state index >= 15 is 0 Å². The highest BCUT2D eigenvalue weighted by Gasteiger charge is 2.01. The molecule has 0 aromatic heterocycles. The van der Waals surface area contributed by atoms with Gasteiger partial charge in [-0.1, -0.05) is 13.2 Å². The molecule has 0 heterocycles. The predicted molar refractivity (Wildman–Crippen MR) is 82.4 cm³/mol. The second kappa shape index (κ2) is 14.3. The first-order chi connectivity index (χ1) is 10.6. The van der Waals surface area contributed by atoms with E-state index in [2.05, 4.69) is 13.2 Å². The van der Waals surface area contributed by atoms with Crippen LogP contribution in [-0.4, -0.2) is 51.6 Å². The lowest BCUT2D eigenvalue weighted by Gasteiger charge is -2.07. The molecule has 6 nitrogen and oxygen atoms in total. The average molecular weight is 314 g/mol. The minimum atomic E-state index is -0.415. The van der Waals surface area contributed by atoms with Crippen molar-refractivity contribution in [3.63, 3.8) is 0 Å². The molecule has 22 heavy (non-hydrogen) atoms. The standard InChI is InChI=1S/C16H26O6/c1-4-15(17)21-12-6-10-19-8-5-9-20-11-7-13-22-16(18)14(2)3/h4H,1-2,5-13H2,3H3. The summed E-state index contributed by atoms with van der Waals surface area (Å²) in [5, 5.41) is 0. The van der Waals surface area contributed by atoms with Gasteiger partial charge in [-0.3, -0.25) is 0 Å². The van der Waals surface area contributed by atoms with Crippen molar-refractivity contribution < 1.29 is 28.5 Å². The Kier molecular flexibility index (Phi) is 13.2. The molecule has 0 radical (unpaired) electrons. The molecule has 0 aliphatic rings. The van der Waals surface area contributed by atoms with E-state index in [1.807, 2.05) is 0 Å². The van der Waals surface area contributed by atoms with Gasteiger partial charge >= 0.3 is 11.9 Å². The molecule has 0 aliphatic carbocycles. The fourth-order valence-electron chi connectivity index (χ4n) is 1.31. The first-order valence-electron chi connectivity index (χ1n) is 7.35. The summed E-state index contributed by atoms with van der Waals surface area (Å²) >= 11 is 0. The van der Waals surface area contributed by atoms with Crippen LogP contribution < -0.4 is 0 Å². The molecular weight excluding hydrogens is 288 g/mol. The van der Waals surface area contributed by atoms with Crippen molar-refractivity contribution in [3.05, 3.63) is 24.8 Å². The first-order valence-corrected chi connectivity index (χ1v) is 7.35. The molecule has 0 saturated heterocycles. The maximum absolute atomic E-state index is 11.1. The third-order valence-corrected chi connectivity index (χ3v) is 2.44. The van der Waals surface area contributed by atoms with E-state index in [0.29, 0.717) is 58.1 Å². The van der Waals surface area contributed by atoms with Gasteiger partial charge in [0, 0.05) is 50.9 Å². The van der Waals surface area contributed by atoms with E-state index in [0.717, 1.165) is 12.5 Å². The van der Waals surface area contributed by atoms with Crippen LogP contribution in [0.15, 0.2) is 24.8 Å². The Morgan fingerprint density at radius 3 is 1.77 bits per heavy atom. The molecule has 0 unspecified atom stereocenters. The molecule has 0 amide bonds. The van der Waals surface area contributed by atoms with E-state index in [9.17, 15) is 9.59 Å². The molecule has 0 aliphatic heterocycles. The lowest BCUT2D eigenvalue weighted by Crippen LogP contribution is -2.09. The van der Waals surface area contributed by atoms with Gasteiger partial charge in [-0.2, -0.15) is 0 Å². The van der Waals surface area contributed by atoms with Crippen LogP contribution in [0.1, 0.15) is 26.2 Å². The number of hydrogen-bond donors (Lipinski definition) is 0. The lowest BCUT2D eigenvalue weighted by atomic mass is 10.4. The third kappa shape index (κ3) is 13.3. The quantitative estimate of drug-likeness (QED) is 0.277. The monoisotopic (exact) mass is 314 g/mol. The molecule has 0 aromatic carbocycles. The number of esters is 2. The number of carbonyl (C=O) groups is 2. The predicted octanol–water partition coefficient (Wildman–Crippen LogP) is 2.04. The van der Waals surface area contributed by atoms with Crippen molar-refractivity contribution in [1.82, 2.24) is 0 Å². The number of rotatable bonds is 14. The van der Waals surface area contributed by atoms with Crippen LogP contribution in [-0.2, 0) is 28.5 Å². The molecule has 6 heteroatoms. The highest BCUT2D eigenvalue weighted by molar-refractivity contribution is 5.86. The molecule has 0 atom stereocenters. The van der Waals surface area contributed by atoms with Gasteiger partial charge in [-0.15, -0.1) is 0 Å². The molecule has 0 rings (SSSR count). The van der Waals surface area contributed by atoms with Crippen LogP contribution in [0.25, 0.3) is 0 Å². The average Bonchev–Trinajstić information content (AvgIpc) is 2.51. The molecular formula is C16H26O6. The molecule has 0 N–H and O–H groups in total. The highest BCUT2D eigenvalue weighted by Crippen LogP contribution is 1.95. The zero-order chi connectivity index (χ0) is 16.6. The Hall–Kier alpha value is -1.66. The largest absolute Gasteiger partial charge is 0.462 e. The Morgan fingerprint density at radius 2 is 1.32 bits per heavy atom. The fourth-order valence-corrected chi connectivity index (χ4v) is 1.31. The van der Waals surface area contributed by atoms with Gasteiger partial charge in [-0.25, -0.2) is 9.59 Å². The Bertz CT molecular complexity index is 351. The smallest absolute Gasteiger partial charge is 0.333 e. The van der Waals surface area contributed by atoms with E-state index in [1.54, 1.807) is 6.92 Å². The Labute approximate surface area is 132 Å². The SMILES string of the molecule is C=CC(=O)OCCCOCCCOCCCOC(=O)C(=C)C. The van der Waals surface area contributed by atoms with Gasteiger partial charge in [0.2, 0.25) is 0 Å². The molecule has 0 aromatic rings. The summed E-state index contributed by atoms with van der Waals surface area (Å²) in [4.78, 5) is 21.8. The molecule has 0 bridgehead atoms. The molecule has 126 valence electrons. The summed E-state index contributed by atoms with van der Waals surface area (Å²) in [7, 11) is 0. The van der Waals surface area contributed by atoms with Crippen molar-refractivity contribution >= 4 is 11.9 Å². The van der Waals surface area contributed by atoms with Crippen molar-refractivity contribution in [3.8, 4) is 0 Å². The molecule has 0 spiro atoms. The van der Waals surface area contributed by atoms with Gasteiger partial charge in [0.1, 0.15) is 0 Å². The van der Waals surface area contributed by atoms with E-state index < -0.39 is 5.97 Å². The number of ether oxygens (including phenoxy) is 4. The van der Waals surface area contributed by atoms with Crippen molar-refractivity contribution in [1.29, 1.82) is 0 Å². The second-order valence-corrected chi connectivity index (χ2v) is 4.57. The second-order valence-electron chi connectivity index (χ2n) is 4.57. The summed E-state index contributed by atoms with van der Waals surface area (Å²) < 4.78 is 20.5. The van der Waals surface area contributed by atoms with Crippen molar-refractivity contribution in [2.45, 2.75) is 26.2 Å². The van der Waals surface area contributed by atoms with Crippen LogP contribution in [0.3, 0.4) is 0 Å². The van der Waals surface area contributed by atoms with Crippen LogP contribution in [0.2, 0.25) is 0 Å². The highest BCUT2D eigenvalue weighted by atomic mass is 16.5. The summed E-state index contributed by atoms with van der Waals surface area (Å²) in [5.41, 5.74) is 0.400. The van der Waals surface area contributed by atoms with Gasteiger partial charge in [0.25, 0.3) is 0 Å². The minimum Gasteiger partial charge on any atom is -0.462 e. The Morgan fingerprint density at radius 1 is 0.864 bits per heavy atom. The maximum Gasteiger partial charge on any atom is 0.333 e. The zero-order valence-corrected chi connectivity index (χ0v) is 13.3. The van der Waals surface area contributed by atoms with Gasteiger partial charge < -0.3 is 18.9 Å². The Balaban J connectivity index is 3.14. The first kappa shape index (κ1) is 20.3. The summed E-state index contributed by atoms with van der Waals surface area (Å²) in [6.45, 7) is 11.4. The topological polar surface area (TPSA) is 71.1 Å². The van der Waals surface area contributed by atoms with Crippen molar-refractivity contribution in [2.24, 2.45) is 0 Å². The minimum absolute atomic E-state index is 0.338. The lowest BCUT2D eigenvalue weighted by molar-refractivity contribution is -0.139. The van der Waals surface area contributed by atoms with Crippen LogP contribution in [0.5, 0.6) is 0 Å². The fraction of sp³-hybridized carbons (Fsp3) is 0.625. The van der Waals surface area contributed by atoms with Crippen LogP contribution in [0, 0.1) is 0 Å². The van der Waals surface area contributed by atoms with E-state index in [-0.39, 0.29) is 5.97 Å². The molecule has 0 saturated carbocycles. The van der Waals surface area contributed by atoms with Crippen LogP contribution in [0.4, 0.5) is 0 Å². The summed E-state index contributed by atoms with van der Waals surface area (Å²) in [6.07, 6.45) is 3.25. The summed E-state index contributed by atoms with van der Waals surface area (Å²) in [5.74, 6) is -0.783. The van der Waals surface area contributed by atoms with E-state index in [4.69, 9.17) is 18.9 Å². The van der Waals surface area contributed by atoms with Gasteiger partial charge in [0.15, 0.2) is 0 Å². The maximum atomic E-state index is 11.1. The summed E-state index contributed by atoms with van der Waals surface area (Å²) in [6, 6.07) is 0. The molecule has 0 fully saturated rings. The number of carbonyl (C=O) groups excluding carboxylic acids is 2. The number of hydrogen-bond acceptors (Lipinski definition) is 6. The zero-order valence-electron chi connectivity index (χ0n) is 13.3. The van der Waals surface area contributed by atoms with Crippen LogP contribution >= 0.6 is 0 Å². The van der Waals surface area contributed by atoms with E-state index in [1.165, 1.54) is 0 Å².